The second-order valence-electron chi connectivity index (χ2n) is 5.19. The molecule has 1 aliphatic rings. The summed E-state index contributed by atoms with van der Waals surface area (Å²) >= 11 is 0. The third-order valence-electron chi connectivity index (χ3n) is 3.94. The molecule has 0 spiro atoms. The maximum absolute atomic E-state index is 13.3. The molecular formula is C13H18FNO. The molecule has 1 saturated carbocycles. The number of rotatable bonds is 3. The van der Waals surface area contributed by atoms with Crippen LogP contribution in [0.4, 0.5) is 4.39 Å². The van der Waals surface area contributed by atoms with Gasteiger partial charge in [0.2, 0.25) is 0 Å². The van der Waals surface area contributed by atoms with Gasteiger partial charge in [0.1, 0.15) is 11.6 Å². The van der Waals surface area contributed by atoms with Crippen molar-refractivity contribution < 1.29 is 9.13 Å². The van der Waals surface area contributed by atoms with Crippen molar-refractivity contribution in [1.82, 2.24) is 0 Å². The summed E-state index contributed by atoms with van der Waals surface area (Å²) in [4.78, 5) is 0. The number of benzene rings is 1. The van der Waals surface area contributed by atoms with E-state index < -0.39 is 0 Å². The SMILES string of the molecule is COc1ccc(F)cc1C1(CN)CC1(C)C. The van der Waals surface area contributed by atoms with Gasteiger partial charge in [-0.2, -0.15) is 0 Å². The minimum atomic E-state index is -0.230. The summed E-state index contributed by atoms with van der Waals surface area (Å²) in [5, 5.41) is 0. The molecule has 0 heterocycles. The van der Waals surface area contributed by atoms with Crippen molar-refractivity contribution in [2.24, 2.45) is 11.1 Å². The van der Waals surface area contributed by atoms with Crippen LogP contribution in [-0.2, 0) is 5.41 Å². The lowest BCUT2D eigenvalue weighted by molar-refractivity contribution is 0.393. The van der Waals surface area contributed by atoms with Crippen molar-refractivity contribution in [3.05, 3.63) is 29.6 Å². The van der Waals surface area contributed by atoms with Crippen LogP contribution in [0.15, 0.2) is 18.2 Å². The normalized spacial score (nSPS) is 26.6. The van der Waals surface area contributed by atoms with Gasteiger partial charge >= 0.3 is 0 Å². The van der Waals surface area contributed by atoms with E-state index in [2.05, 4.69) is 13.8 Å². The summed E-state index contributed by atoms with van der Waals surface area (Å²) in [6.45, 7) is 4.84. The monoisotopic (exact) mass is 223 g/mol. The Morgan fingerprint density at radius 1 is 1.44 bits per heavy atom. The average molecular weight is 223 g/mol. The lowest BCUT2D eigenvalue weighted by atomic mass is 9.87. The van der Waals surface area contributed by atoms with Gasteiger partial charge in [-0.25, -0.2) is 4.39 Å². The molecule has 2 nitrogen and oxygen atoms in total. The van der Waals surface area contributed by atoms with Crippen molar-refractivity contribution >= 4 is 0 Å². The Bertz CT molecular complexity index is 416. The predicted molar refractivity (Wildman–Crippen MR) is 62.1 cm³/mol. The third kappa shape index (κ3) is 1.42. The Labute approximate surface area is 95.6 Å². The molecule has 0 bridgehead atoms. The largest absolute Gasteiger partial charge is 0.496 e. The predicted octanol–water partition coefficient (Wildman–Crippen LogP) is 2.46. The van der Waals surface area contributed by atoms with Gasteiger partial charge in [-0.05, 0) is 30.0 Å². The van der Waals surface area contributed by atoms with E-state index in [-0.39, 0.29) is 16.6 Å². The second-order valence-corrected chi connectivity index (χ2v) is 5.19. The van der Waals surface area contributed by atoms with Gasteiger partial charge in [0, 0.05) is 17.5 Å². The van der Waals surface area contributed by atoms with E-state index in [0.29, 0.717) is 6.54 Å². The Morgan fingerprint density at radius 2 is 2.06 bits per heavy atom. The summed E-state index contributed by atoms with van der Waals surface area (Å²) in [6.07, 6.45) is 0.982. The van der Waals surface area contributed by atoms with Gasteiger partial charge in [0.25, 0.3) is 0 Å². The first kappa shape index (κ1) is 11.4. The molecule has 1 fully saturated rings. The van der Waals surface area contributed by atoms with Crippen molar-refractivity contribution in [2.75, 3.05) is 13.7 Å². The van der Waals surface area contributed by atoms with Gasteiger partial charge in [0.05, 0.1) is 7.11 Å². The Balaban J connectivity index is 2.51. The lowest BCUT2D eigenvalue weighted by Gasteiger charge is -2.21. The highest BCUT2D eigenvalue weighted by Gasteiger charge is 2.62. The molecule has 2 N–H and O–H groups in total. The molecule has 16 heavy (non-hydrogen) atoms. The summed E-state index contributed by atoms with van der Waals surface area (Å²) in [6, 6.07) is 4.65. The molecule has 0 aliphatic heterocycles. The van der Waals surface area contributed by atoms with Gasteiger partial charge in [-0.3, -0.25) is 0 Å². The number of nitrogens with two attached hydrogens (primary N) is 1. The fraction of sp³-hybridized carbons (Fsp3) is 0.538. The van der Waals surface area contributed by atoms with Crippen LogP contribution in [-0.4, -0.2) is 13.7 Å². The smallest absolute Gasteiger partial charge is 0.123 e. The van der Waals surface area contributed by atoms with E-state index in [1.165, 1.54) is 6.07 Å². The van der Waals surface area contributed by atoms with Crippen LogP contribution in [0.25, 0.3) is 0 Å². The zero-order valence-electron chi connectivity index (χ0n) is 10.0. The zero-order chi connectivity index (χ0) is 12.0. The fourth-order valence-electron chi connectivity index (χ4n) is 2.68. The first-order chi connectivity index (χ1) is 7.47. The van der Waals surface area contributed by atoms with Gasteiger partial charge in [-0.1, -0.05) is 13.8 Å². The molecule has 0 aromatic heterocycles. The molecule has 1 aromatic carbocycles. The van der Waals surface area contributed by atoms with Crippen LogP contribution >= 0.6 is 0 Å². The van der Waals surface area contributed by atoms with E-state index in [9.17, 15) is 4.39 Å². The molecule has 3 heteroatoms. The van der Waals surface area contributed by atoms with Crippen LogP contribution < -0.4 is 10.5 Å². The second kappa shape index (κ2) is 3.45. The van der Waals surface area contributed by atoms with Crippen molar-refractivity contribution in [1.29, 1.82) is 0 Å². The summed E-state index contributed by atoms with van der Waals surface area (Å²) < 4.78 is 18.6. The number of ether oxygens (including phenoxy) is 1. The van der Waals surface area contributed by atoms with E-state index in [1.807, 2.05) is 0 Å². The van der Waals surface area contributed by atoms with E-state index in [1.54, 1.807) is 19.2 Å². The molecule has 1 aromatic rings. The van der Waals surface area contributed by atoms with Crippen molar-refractivity contribution in [3.63, 3.8) is 0 Å². The van der Waals surface area contributed by atoms with Crippen LogP contribution in [0.2, 0.25) is 0 Å². The molecule has 0 amide bonds. The highest BCUT2D eigenvalue weighted by atomic mass is 19.1. The topological polar surface area (TPSA) is 35.2 Å². The molecule has 0 saturated heterocycles. The summed E-state index contributed by atoms with van der Waals surface area (Å²) in [5.41, 5.74) is 6.78. The van der Waals surface area contributed by atoms with Gasteiger partial charge < -0.3 is 10.5 Å². The molecule has 1 unspecified atom stereocenters. The van der Waals surface area contributed by atoms with E-state index in [0.717, 1.165) is 17.7 Å². The maximum atomic E-state index is 13.3. The number of hydrogen-bond acceptors (Lipinski definition) is 2. The highest BCUT2D eigenvalue weighted by Crippen LogP contribution is 2.65. The maximum Gasteiger partial charge on any atom is 0.123 e. The number of hydrogen-bond donors (Lipinski definition) is 1. The van der Waals surface area contributed by atoms with E-state index in [4.69, 9.17) is 10.5 Å². The molecule has 0 radical (unpaired) electrons. The minimum absolute atomic E-state index is 0.125. The van der Waals surface area contributed by atoms with E-state index >= 15 is 0 Å². The van der Waals surface area contributed by atoms with Gasteiger partial charge in [0.15, 0.2) is 0 Å². The standard InChI is InChI=1S/C13H18FNO/c1-12(2)7-13(12,8-15)10-6-9(14)4-5-11(10)16-3/h4-6H,7-8,15H2,1-3H3. The lowest BCUT2D eigenvalue weighted by Crippen LogP contribution is -2.26. The molecule has 1 aliphatic carbocycles. The fourth-order valence-corrected chi connectivity index (χ4v) is 2.68. The molecular weight excluding hydrogens is 205 g/mol. The summed E-state index contributed by atoms with van der Waals surface area (Å²) in [5.74, 6) is 0.503. The Kier molecular flexibility index (Phi) is 2.46. The van der Waals surface area contributed by atoms with Gasteiger partial charge in [-0.15, -0.1) is 0 Å². The Hall–Kier alpha value is -1.09. The van der Waals surface area contributed by atoms with Crippen LogP contribution in [0.5, 0.6) is 5.75 Å². The van der Waals surface area contributed by atoms with Crippen LogP contribution in [0.3, 0.4) is 0 Å². The average Bonchev–Trinajstić information content (AvgIpc) is 2.82. The van der Waals surface area contributed by atoms with Crippen molar-refractivity contribution in [3.8, 4) is 5.75 Å². The third-order valence-corrected chi connectivity index (χ3v) is 3.94. The zero-order valence-corrected chi connectivity index (χ0v) is 10.0. The van der Waals surface area contributed by atoms with Crippen LogP contribution in [0.1, 0.15) is 25.8 Å². The van der Waals surface area contributed by atoms with Crippen LogP contribution in [0, 0.1) is 11.2 Å². The molecule has 1 atom stereocenters. The first-order valence-corrected chi connectivity index (χ1v) is 5.51. The molecule has 2 rings (SSSR count). The molecule has 88 valence electrons. The first-order valence-electron chi connectivity index (χ1n) is 5.51. The summed E-state index contributed by atoms with van der Waals surface area (Å²) in [7, 11) is 1.61. The Morgan fingerprint density at radius 3 is 2.50 bits per heavy atom. The highest BCUT2D eigenvalue weighted by molar-refractivity contribution is 5.47. The quantitative estimate of drug-likeness (QED) is 0.854. The number of methoxy groups -OCH3 is 1. The minimum Gasteiger partial charge on any atom is -0.496 e. The number of halogens is 1. The van der Waals surface area contributed by atoms with Crippen molar-refractivity contribution in [2.45, 2.75) is 25.7 Å².